The number of ether oxygens (including phenoxy) is 2. The molecule has 3 saturated heterocycles. The fraction of sp³-hybridized carbons (Fsp3) is 0.964. The Morgan fingerprint density at radius 3 is 2.20 bits per heavy atom. The van der Waals surface area contributed by atoms with E-state index in [-0.39, 0.29) is 12.0 Å². The minimum absolute atomic E-state index is 0.0401. The van der Waals surface area contributed by atoms with E-state index in [4.69, 9.17) is 9.47 Å². The van der Waals surface area contributed by atoms with E-state index in [1.54, 1.807) is 7.11 Å². The second-order valence-corrected chi connectivity index (χ2v) is 12.3. The highest BCUT2D eigenvalue weighted by molar-refractivity contribution is 5.76. The lowest BCUT2D eigenvalue weighted by atomic mass is 9.76. The first-order valence-corrected chi connectivity index (χ1v) is 14.7. The molecule has 5 rings (SSSR count). The van der Waals surface area contributed by atoms with Gasteiger partial charge in [-0.2, -0.15) is 0 Å². The Morgan fingerprint density at radius 1 is 0.829 bits per heavy atom. The summed E-state index contributed by atoms with van der Waals surface area (Å²) in [6.45, 7) is 5.40. The number of hydrogen-bond donors (Lipinski definition) is 2. The molecule has 2 aliphatic carbocycles. The summed E-state index contributed by atoms with van der Waals surface area (Å²) in [6, 6.07) is 1.57. The van der Waals surface area contributed by atoms with Crippen molar-refractivity contribution in [3.63, 3.8) is 0 Å². The summed E-state index contributed by atoms with van der Waals surface area (Å²) in [7, 11) is 3.41. The van der Waals surface area contributed by atoms with Crippen molar-refractivity contribution in [1.82, 2.24) is 20.4 Å². The van der Waals surface area contributed by atoms with Gasteiger partial charge in [0, 0.05) is 51.5 Å². The molecule has 0 amide bonds. The highest BCUT2D eigenvalue weighted by atomic mass is 16.5. The standard InChI is InChI=1S/C28H50N4O3/c1-34-23-12-8-21(9-13-23)17-32-19-30-25-15-26(28(33)35-2)31(18-27(25)32)16-20-6-10-22(11-7-20)24-5-3-4-14-29-24/h20-27,29-30H,3-19H2,1-2H3. The zero-order valence-electron chi connectivity index (χ0n) is 22.3. The highest BCUT2D eigenvalue weighted by Gasteiger charge is 2.46. The van der Waals surface area contributed by atoms with E-state index >= 15 is 0 Å². The van der Waals surface area contributed by atoms with Crippen molar-refractivity contribution in [1.29, 1.82) is 0 Å². The van der Waals surface area contributed by atoms with Gasteiger partial charge < -0.3 is 14.8 Å². The third-order valence-electron chi connectivity index (χ3n) is 10.2. The van der Waals surface area contributed by atoms with Crippen LogP contribution in [0.15, 0.2) is 0 Å². The van der Waals surface area contributed by atoms with Crippen LogP contribution in [0.4, 0.5) is 0 Å². The summed E-state index contributed by atoms with van der Waals surface area (Å²) in [5.74, 6) is 2.31. The maximum absolute atomic E-state index is 12.8. The lowest BCUT2D eigenvalue weighted by Gasteiger charge is -2.45. The van der Waals surface area contributed by atoms with E-state index in [0.29, 0.717) is 24.1 Å². The molecular weight excluding hydrogens is 440 g/mol. The largest absolute Gasteiger partial charge is 0.468 e. The first-order valence-electron chi connectivity index (χ1n) is 14.7. The van der Waals surface area contributed by atoms with Gasteiger partial charge in [0.05, 0.1) is 13.2 Å². The van der Waals surface area contributed by atoms with Crippen molar-refractivity contribution in [2.24, 2.45) is 17.8 Å². The number of rotatable bonds is 7. The SMILES string of the molecule is COC(=O)C1CC2NCN(CC3CCC(OC)CC3)C2CN1CC1CCC(C2CCCCN2)CC1. The summed E-state index contributed by atoms with van der Waals surface area (Å²) >= 11 is 0. The second kappa shape index (κ2) is 12.2. The van der Waals surface area contributed by atoms with E-state index in [1.165, 1.54) is 83.7 Å². The number of esters is 1. The van der Waals surface area contributed by atoms with Gasteiger partial charge in [0.1, 0.15) is 6.04 Å². The molecule has 7 heteroatoms. The Bertz CT molecular complexity index is 671. The summed E-state index contributed by atoms with van der Waals surface area (Å²) in [5, 5.41) is 7.55. The Balaban J connectivity index is 1.16. The van der Waals surface area contributed by atoms with E-state index in [2.05, 4.69) is 20.4 Å². The van der Waals surface area contributed by atoms with Crippen molar-refractivity contribution in [3.8, 4) is 0 Å². The van der Waals surface area contributed by atoms with Crippen LogP contribution >= 0.6 is 0 Å². The van der Waals surface area contributed by atoms with Crippen LogP contribution < -0.4 is 10.6 Å². The molecule has 4 unspecified atom stereocenters. The number of hydrogen-bond acceptors (Lipinski definition) is 7. The smallest absolute Gasteiger partial charge is 0.323 e. The quantitative estimate of drug-likeness (QED) is 0.532. The number of likely N-dealkylation sites (tertiary alicyclic amines) is 1. The number of methoxy groups -OCH3 is 2. The molecule has 2 N–H and O–H groups in total. The molecule has 5 fully saturated rings. The van der Waals surface area contributed by atoms with Gasteiger partial charge in [-0.05, 0) is 94.9 Å². The van der Waals surface area contributed by atoms with Crippen LogP contribution in [-0.2, 0) is 14.3 Å². The zero-order chi connectivity index (χ0) is 24.2. The van der Waals surface area contributed by atoms with Crippen LogP contribution in [-0.4, -0.2) is 93.1 Å². The molecule has 3 aliphatic heterocycles. The molecule has 0 spiro atoms. The molecule has 3 heterocycles. The lowest BCUT2D eigenvalue weighted by molar-refractivity contribution is -0.149. The van der Waals surface area contributed by atoms with Crippen LogP contribution in [0.5, 0.6) is 0 Å². The molecule has 200 valence electrons. The van der Waals surface area contributed by atoms with Crippen molar-refractivity contribution < 1.29 is 14.3 Å². The monoisotopic (exact) mass is 490 g/mol. The fourth-order valence-electron chi connectivity index (χ4n) is 8.03. The van der Waals surface area contributed by atoms with Crippen molar-refractivity contribution in [2.45, 2.75) is 107 Å². The van der Waals surface area contributed by atoms with Gasteiger partial charge in [-0.15, -0.1) is 0 Å². The van der Waals surface area contributed by atoms with Crippen molar-refractivity contribution >= 4 is 5.97 Å². The fourth-order valence-corrected chi connectivity index (χ4v) is 8.03. The van der Waals surface area contributed by atoms with E-state index < -0.39 is 0 Å². The Labute approximate surface area is 213 Å². The topological polar surface area (TPSA) is 66.1 Å². The Hall–Kier alpha value is -0.730. The molecule has 0 aromatic rings. The molecule has 0 radical (unpaired) electrons. The number of fused-ring (bicyclic) bond motifs is 1. The predicted octanol–water partition coefficient (Wildman–Crippen LogP) is 2.99. The van der Waals surface area contributed by atoms with Crippen LogP contribution in [0.25, 0.3) is 0 Å². The van der Waals surface area contributed by atoms with Crippen LogP contribution in [0.1, 0.15) is 77.0 Å². The summed E-state index contributed by atoms with van der Waals surface area (Å²) in [4.78, 5) is 18.0. The number of nitrogens with one attached hydrogen (secondary N) is 2. The maximum atomic E-state index is 12.8. The molecule has 2 saturated carbocycles. The van der Waals surface area contributed by atoms with Gasteiger partial charge in [-0.25, -0.2) is 0 Å². The maximum Gasteiger partial charge on any atom is 0.323 e. The molecule has 0 aromatic carbocycles. The van der Waals surface area contributed by atoms with Crippen molar-refractivity contribution in [3.05, 3.63) is 0 Å². The third kappa shape index (κ3) is 6.23. The average molecular weight is 491 g/mol. The summed E-state index contributed by atoms with van der Waals surface area (Å²) < 4.78 is 10.9. The number of carbonyl (C=O) groups excluding carboxylic acids is 1. The third-order valence-corrected chi connectivity index (χ3v) is 10.2. The molecule has 35 heavy (non-hydrogen) atoms. The highest BCUT2D eigenvalue weighted by Crippen LogP contribution is 2.36. The molecular formula is C28H50N4O3. The average Bonchev–Trinajstić information content (AvgIpc) is 3.30. The molecule has 0 aromatic heterocycles. The van der Waals surface area contributed by atoms with E-state index in [0.717, 1.165) is 44.1 Å². The Kier molecular flexibility index (Phi) is 9.03. The number of piperidine rings is 2. The predicted molar refractivity (Wildman–Crippen MR) is 138 cm³/mol. The van der Waals surface area contributed by atoms with Gasteiger partial charge in [0.25, 0.3) is 0 Å². The second-order valence-electron chi connectivity index (χ2n) is 12.3. The van der Waals surface area contributed by atoms with E-state index in [1.807, 2.05) is 7.11 Å². The molecule has 4 atom stereocenters. The number of nitrogens with zero attached hydrogens (tertiary/aromatic N) is 2. The van der Waals surface area contributed by atoms with Crippen LogP contribution in [0.3, 0.4) is 0 Å². The minimum Gasteiger partial charge on any atom is -0.468 e. The van der Waals surface area contributed by atoms with Gasteiger partial charge in [-0.1, -0.05) is 6.42 Å². The molecule has 5 aliphatic rings. The van der Waals surface area contributed by atoms with Gasteiger partial charge in [0.2, 0.25) is 0 Å². The summed E-state index contributed by atoms with van der Waals surface area (Å²) in [6.07, 6.45) is 15.7. The van der Waals surface area contributed by atoms with Crippen molar-refractivity contribution in [2.75, 3.05) is 47.1 Å². The lowest BCUT2D eigenvalue weighted by Crippen LogP contribution is -2.59. The minimum atomic E-state index is -0.0939. The molecule has 7 nitrogen and oxygen atoms in total. The van der Waals surface area contributed by atoms with Gasteiger partial charge >= 0.3 is 5.97 Å². The normalized spacial score (nSPS) is 41.4. The molecule has 0 bridgehead atoms. The van der Waals surface area contributed by atoms with Gasteiger partial charge in [0.15, 0.2) is 0 Å². The first-order chi connectivity index (χ1) is 17.1. The first kappa shape index (κ1) is 25.9. The van der Waals surface area contributed by atoms with Crippen LogP contribution in [0.2, 0.25) is 0 Å². The summed E-state index contributed by atoms with van der Waals surface area (Å²) in [5.41, 5.74) is 0. The van der Waals surface area contributed by atoms with Crippen LogP contribution in [0, 0.1) is 17.8 Å². The van der Waals surface area contributed by atoms with E-state index in [9.17, 15) is 4.79 Å². The Morgan fingerprint density at radius 2 is 1.54 bits per heavy atom. The zero-order valence-corrected chi connectivity index (χ0v) is 22.3. The van der Waals surface area contributed by atoms with Gasteiger partial charge in [-0.3, -0.25) is 19.9 Å². The number of carbonyl (C=O) groups is 1.